The van der Waals surface area contributed by atoms with Gasteiger partial charge in [0, 0.05) is 6.08 Å². The van der Waals surface area contributed by atoms with E-state index in [-0.39, 0.29) is 0 Å². The standard InChI is InChI=1S/C7H8O7/c8-4(9)1-3(2-5(10)11)6(12)7(13)14/h1,6,12H,2H2,(H,8,9)(H,10,11)(H,13,14)/b3-1+/t6-/m0/s1. The van der Waals surface area contributed by atoms with E-state index >= 15 is 0 Å². The summed E-state index contributed by atoms with van der Waals surface area (Å²) in [5.41, 5.74) is -0.586. The first-order valence-corrected chi connectivity index (χ1v) is 3.40. The third kappa shape index (κ3) is 4.21. The molecule has 0 aromatic carbocycles. The van der Waals surface area contributed by atoms with Crippen molar-refractivity contribution in [3.63, 3.8) is 0 Å². The summed E-state index contributed by atoms with van der Waals surface area (Å²) in [6, 6.07) is 0. The van der Waals surface area contributed by atoms with Crippen LogP contribution in [0.4, 0.5) is 0 Å². The average Bonchev–Trinajstić information content (AvgIpc) is 1.99. The van der Waals surface area contributed by atoms with Crippen molar-refractivity contribution in [1.82, 2.24) is 0 Å². The molecule has 0 aromatic heterocycles. The van der Waals surface area contributed by atoms with Gasteiger partial charge < -0.3 is 20.4 Å². The normalized spacial score (nSPS) is 13.4. The molecule has 0 aliphatic heterocycles. The van der Waals surface area contributed by atoms with Crippen molar-refractivity contribution in [2.75, 3.05) is 0 Å². The van der Waals surface area contributed by atoms with Crippen molar-refractivity contribution in [3.05, 3.63) is 11.6 Å². The first-order valence-electron chi connectivity index (χ1n) is 3.40. The van der Waals surface area contributed by atoms with Gasteiger partial charge in [0.05, 0.1) is 6.42 Å². The van der Waals surface area contributed by atoms with Crippen LogP contribution in [-0.4, -0.2) is 44.4 Å². The average molecular weight is 204 g/mol. The predicted octanol–water partition coefficient (Wildman–Crippen LogP) is -1.08. The van der Waals surface area contributed by atoms with Gasteiger partial charge in [-0.05, 0) is 5.57 Å². The molecule has 0 heterocycles. The molecular weight excluding hydrogens is 196 g/mol. The number of aliphatic hydroxyl groups excluding tert-OH is 1. The predicted molar refractivity (Wildman–Crippen MR) is 41.6 cm³/mol. The summed E-state index contributed by atoms with van der Waals surface area (Å²) < 4.78 is 0. The lowest BCUT2D eigenvalue weighted by Gasteiger charge is -2.07. The van der Waals surface area contributed by atoms with Gasteiger partial charge in [-0.3, -0.25) is 4.79 Å². The number of hydrogen-bond acceptors (Lipinski definition) is 4. The molecule has 7 nitrogen and oxygen atoms in total. The Hall–Kier alpha value is -1.89. The highest BCUT2D eigenvalue weighted by atomic mass is 16.4. The summed E-state index contributed by atoms with van der Waals surface area (Å²) in [5.74, 6) is -4.63. The van der Waals surface area contributed by atoms with Gasteiger partial charge in [0.25, 0.3) is 0 Å². The van der Waals surface area contributed by atoms with Crippen molar-refractivity contribution in [2.24, 2.45) is 0 Å². The van der Waals surface area contributed by atoms with E-state index in [2.05, 4.69) is 0 Å². The van der Waals surface area contributed by atoms with E-state index in [0.717, 1.165) is 0 Å². The highest BCUT2D eigenvalue weighted by Gasteiger charge is 2.21. The molecule has 4 N–H and O–H groups in total. The first-order chi connectivity index (χ1) is 6.34. The summed E-state index contributed by atoms with van der Waals surface area (Å²) in [4.78, 5) is 30.6. The van der Waals surface area contributed by atoms with Crippen LogP contribution in [0.1, 0.15) is 6.42 Å². The van der Waals surface area contributed by atoms with Gasteiger partial charge in [-0.25, -0.2) is 9.59 Å². The highest BCUT2D eigenvalue weighted by Crippen LogP contribution is 2.08. The van der Waals surface area contributed by atoms with Crippen LogP contribution in [0.2, 0.25) is 0 Å². The summed E-state index contributed by atoms with van der Waals surface area (Å²) >= 11 is 0. The minimum absolute atomic E-state index is 0.368. The number of carbonyl (C=O) groups is 3. The van der Waals surface area contributed by atoms with Gasteiger partial charge >= 0.3 is 17.9 Å². The van der Waals surface area contributed by atoms with Gasteiger partial charge in [-0.2, -0.15) is 0 Å². The van der Waals surface area contributed by atoms with Crippen molar-refractivity contribution in [3.8, 4) is 0 Å². The second-order valence-electron chi connectivity index (χ2n) is 2.37. The number of aliphatic carboxylic acids is 3. The molecule has 14 heavy (non-hydrogen) atoms. The fraction of sp³-hybridized carbons (Fsp3) is 0.286. The van der Waals surface area contributed by atoms with Crippen LogP contribution >= 0.6 is 0 Å². The maximum absolute atomic E-state index is 10.2. The fourth-order valence-electron chi connectivity index (χ4n) is 0.718. The topological polar surface area (TPSA) is 132 Å². The zero-order chi connectivity index (χ0) is 11.3. The molecule has 0 amide bonds. The first kappa shape index (κ1) is 12.1. The lowest BCUT2D eigenvalue weighted by molar-refractivity contribution is -0.144. The number of carboxylic acid groups (broad SMARTS) is 3. The van der Waals surface area contributed by atoms with Crippen LogP contribution in [-0.2, 0) is 14.4 Å². The second kappa shape index (κ2) is 4.97. The molecule has 7 heteroatoms. The number of rotatable bonds is 5. The second-order valence-corrected chi connectivity index (χ2v) is 2.37. The van der Waals surface area contributed by atoms with Crippen molar-refractivity contribution in [2.45, 2.75) is 12.5 Å². The lowest BCUT2D eigenvalue weighted by atomic mass is 10.1. The summed E-state index contributed by atoms with van der Waals surface area (Å²) in [7, 11) is 0. The Morgan fingerprint density at radius 1 is 1.14 bits per heavy atom. The van der Waals surface area contributed by atoms with Crippen LogP contribution in [0.3, 0.4) is 0 Å². The molecule has 78 valence electrons. The zero-order valence-corrected chi connectivity index (χ0v) is 6.88. The van der Waals surface area contributed by atoms with Crippen molar-refractivity contribution in [1.29, 1.82) is 0 Å². The zero-order valence-electron chi connectivity index (χ0n) is 6.88. The molecule has 0 aliphatic rings. The number of aliphatic hydroxyl groups is 1. The SMILES string of the molecule is O=C(O)/C=C(\CC(=O)O)[C@H](O)C(=O)O. The quantitative estimate of drug-likeness (QED) is 0.418. The van der Waals surface area contributed by atoms with E-state index in [4.69, 9.17) is 20.4 Å². The van der Waals surface area contributed by atoms with Crippen LogP contribution in [0.5, 0.6) is 0 Å². The maximum atomic E-state index is 10.2. The van der Waals surface area contributed by atoms with Gasteiger partial charge in [0.1, 0.15) is 0 Å². The van der Waals surface area contributed by atoms with Crippen LogP contribution in [0.15, 0.2) is 11.6 Å². The maximum Gasteiger partial charge on any atom is 0.336 e. The molecule has 0 unspecified atom stereocenters. The Balaban J connectivity index is 4.81. The summed E-state index contributed by atoms with van der Waals surface area (Å²) in [5, 5.41) is 33.7. The molecule has 0 aromatic rings. The van der Waals surface area contributed by atoms with Gasteiger partial charge in [0.2, 0.25) is 0 Å². The highest BCUT2D eigenvalue weighted by molar-refractivity contribution is 5.86. The summed E-state index contributed by atoms with van der Waals surface area (Å²) in [6.45, 7) is 0. The van der Waals surface area contributed by atoms with Crippen LogP contribution in [0.25, 0.3) is 0 Å². The van der Waals surface area contributed by atoms with Crippen LogP contribution in [0, 0.1) is 0 Å². The van der Waals surface area contributed by atoms with E-state index in [1.54, 1.807) is 0 Å². The Morgan fingerprint density at radius 3 is 1.93 bits per heavy atom. The Bertz CT molecular complexity index is 290. The van der Waals surface area contributed by atoms with E-state index in [1.165, 1.54) is 0 Å². The Kier molecular flexibility index (Phi) is 4.30. The van der Waals surface area contributed by atoms with E-state index in [9.17, 15) is 14.4 Å². The molecule has 0 radical (unpaired) electrons. The fourth-order valence-corrected chi connectivity index (χ4v) is 0.718. The molecule has 0 saturated heterocycles. The van der Waals surface area contributed by atoms with E-state index in [0.29, 0.717) is 6.08 Å². The van der Waals surface area contributed by atoms with Crippen molar-refractivity contribution < 1.29 is 34.8 Å². The minimum Gasteiger partial charge on any atom is -0.481 e. The molecule has 0 aliphatic carbocycles. The molecule has 0 rings (SSSR count). The number of carboxylic acids is 3. The minimum atomic E-state index is -2.11. The monoisotopic (exact) mass is 204 g/mol. The molecule has 0 bridgehead atoms. The van der Waals surface area contributed by atoms with E-state index in [1.807, 2.05) is 0 Å². The molecule has 0 spiro atoms. The van der Waals surface area contributed by atoms with Crippen LogP contribution < -0.4 is 0 Å². The molecule has 0 fully saturated rings. The molecular formula is C7H8O7. The third-order valence-electron chi connectivity index (χ3n) is 1.25. The largest absolute Gasteiger partial charge is 0.481 e. The Morgan fingerprint density at radius 2 is 1.64 bits per heavy atom. The molecule has 0 saturated carbocycles. The van der Waals surface area contributed by atoms with Gasteiger partial charge in [0.15, 0.2) is 6.10 Å². The van der Waals surface area contributed by atoms with Gasteiger partial charge in [-0.15, -0.1) is 0 Å². The number of hydrogen-bond donors (Lipinski definition) is 4. The van der Waals surface area contributed by atoms with E-state index < -0.39 is 36.0 Å². The third-order valence-corrected chi connectivity index (χ3v) is 1.25. The lowest BCUT2D eigenvalue weighted by Crippen LogP contribution is -2.24. The smallest absolute Gasteiger partial charge is 0.336 e. The van der Waals surface area contributed by atoms with Gasteiger partial charge in [-0.1, -0.05) is 0 Å². The molecule has 1 atom stereocenters. The Labute approximate surface area is 77.9 Å². The summed E-state index contributed by atoms with van der Waals surface area (Å²) in [6.07, 6.45) is -2.57. The van der Waals surface area contributed by atoms with Crippen molar-refractivity contribution >= 4 is 17.9 Å².